The molecule has 0 saturated heterocycles. The maximum Gasteiger partial charge on any atom is 0.345 e. The van der Waals surface area contributed by atoms with Gasteiger partial charge in [-0.3, -0.25) is 20.2 Å². The van der Waals surface area contributed by atoms with Gasteiger partial charge < -0.3 is 0 Å². The number of nitrogens with zero attached hydrogens (tertiary/aromatic N) is 3. The summed E-state index contributed by atoms with van der Waals surface area (Å²) in [6.07, 6.45) is 2.48. The number of carbonyl (C=O) groups is 1. The van der Waals surface area contributed by atoms with Crippen LogP contribution < -0.4 is 5.32 Å². The number of nitrogens with one attached hydrogen (secondary N) is 1. The lowest BCUT2D eigenvalue weighted by atomic mass is 10.2. The van der Waals surface area contributed by atoms with Crippen LogP contribution in [0.5, 0.6) is 0 Å². The summed E-state index contributed by atoms with van der Waals surface area (Å²) in [6, 6.07) is 5.57. The Morgan fingerprint density at radius 3 is 2.30 bits per heavy atom. The molecule has 0 radical (unpaired) electrons. The molecule has 2 aromatic rings. The van der Waals surface area contributed by atoms with E-state index < -0.39 is 20.9 Å². The number of carbonyl (C=O) groups excluding carboxylic acids is 1. The summed E-state index contributed by atoms with van der Waals surface area (Å²) in [7, 11) is -3.62. The minimum absolute atomic E-state index is 0.0977. The zero-order chi connectivity index (χ0) is 20.0. The highest BCUT2D eigenvalue weighted by molar-refractivity contribution is 7.89. The number of amides is 1. The summed E-state index contributed by atoms with van der Waals surface area (Å²) >= 11 is 0.742. The van der Waals surface area contributed by atoms with Crippen LogP contribution in [0.1, 0.15) is 37.0 Å². The van der Waals surface area contributed by atoms with Crippen molar-refractivity contribution in [1.29, 1.82) is 0 Å². The van der Waals surface area contributed by atoms with Crippen molar-refractivity contribution in [3.8, 4) is 0 Å². The van der Waals surface area contributed by atoms with E-state index >= 15 is 0 Å². The second kappa shape index (κ2) is 9.02. The van der Waals surface area contributed by atoms with Crippen LogP contribution in [0.25, 0.3) is 0 Å². The van der Waals surface area contributed by atoms with E-state index in [0.717, 1.165) is 17.5 Å². The largest absolute Gasteiger partial charge is 0.345 e. The fraction of sp³-hybridized carbons (Fsp3) is 0.375. The molecule has 0 bridgehead atoms. The number of thiazole rings is 1. The number of rotatable bonds is 9. The van der Waals surface area contributed by atoms with Crippen molar-refractivity contribution >= 4 is 37.4 Å². The second-order valence-corrected chi connectivity index (χ2v) is 8.59. The second-order valence-electron chi connectivity index (χ2n) is 5.64. The van der Waals surface area contributed by atoms with Crippen molar-refractivity contribution in [1.82, 2.24) is 9.29 Å². The van der Waals surface area contributed by atoms with Crippen LogP contribution in [-0.4, -0.2) is 41.6 Å². The molecule has 0 atom stereocenters. The first kappa shape index (κ1) is 20.9. The maximum atomic E-state index is 12.7. The molecule has 0 unspecified atom stereocenters. The van der Waals surface area contributed by atoms with Gasteiger partial charge in [0.05, 0.1) is 9.82 Å². The van der Waals surface area contributed by atoms with Crippen LogP contribution in [0, 0.1) is 10.1 Å². The minimum atomic E-state index is -3.62. The van der Waals surface area contributed by atoms with E-state index in [1.807, 2.05) is 13.8 Å². The fourth-order valence-corrected chi connectivity index (χ4v) is 4.61. The number of hydrogen-bond donors (Lipinski definition) is 1. The van der Waals surface area contributed by atoms with Crippen LogP contribution in [-0.2, 0) is 10.0 Å². The average molecular weight is 412 g/mol. The number of sulfonamides is 1. The first-order valence-electron chi connectivity index (χ1n) is 8.31. The Kier molecular flexibility index (Phi) is 6.99. The maximum absolute atomic E-state index is 12.7. The highest BCUT2D eigenvalue weighted by Crippen LogP contribution is 2.25. The molecule has 27 heavy (non-hydrogen) atoms. The Hall–Kier alpha value is -2.37. The Morgan fingerprint density at radius 2 is 1.81 bits per heavy atom. The molecule has 0 saturated carbocycles. The van der Waals surface area contributed by atoms with E-state index in [-0.39, 0.29) is 20.6 Å². The lowest BCUT2D eigenvalue weighted by Gasteiger charge is -2.21. The summed E-state index contributed by atoms with van der Waals surface area (Å²) in [5, 5.41) is 13.0. The van der Waals surface area contributed by atoms with E-state index in [1.54, 1.807) is 0 Å². The van der Waals surface area contributed by atoms with Crippen molar-refractivity contribution < 1.29 is 18.1 Å². The number of nitro groups is 1. The fourth-order valence-electron chi connectivity index (χ4n) is 2.36. The highest BCUT2D eigenvalue weighted by atomic mass is 32.2. The molecule has 0 aliphatic carbocycles. The quantitative estimate of drug-likeness (QED) is 0.499. The lowest BCUT2D eigenvalue weighted by molar-refractivity contribution is -0.380. The Morgan fingerprint density at radius 1 is 1.22 bits per heavy atom. The summed E-state index contributed by atoms with van der Waals surface area (Å²) in [5.41, 5.74) is 0.226. The van der Waals surface area contributed by atoms with E-state index in [2.05, 4.69) is 10.3 Å². The predicted molar refractivity (Wildman–Crippen MR) is 103 cm³/mol. The van der Waals surface area contributed by atoms with Crippen molar-refractivity contribution in [2.45, 2.75) is 31.6 Å². The van der Waals surface area contributed by atoms with Crippen LogP contribution in [0.2, 0.25) is 0 Å². The van der Waals surface area contributed by atoms with Crippen LogP contribution in [0.4, 0.5) is 10.1 Å². The van der Waals surface area contributed by atoms with Gasteiger partial charge in [0.1, 0.15) is 6.20 Å². The smallest absolute Gasteiger partial charge is 0.298 e. The van der Waals surface area contributed by atoms with Gasteiger partial charge in [-0.15, -0.1) is 0 Å². The summed E-state index contributed by atoms with van der Waals surface area (Å²) in [6.45, 7) is 4.69. The molecule has 2 rings (SSSR count). The third kappa shape index (κ3) is 5.08. The van der Waals surface area contributed by atoms with Gasteiger partial charge in [-0.05, 0) is 48.4 Å². The van der Waals surface area contributed by atoms with Gasteiger partial charge in [-0.1, -0.05) is 13.8 Å². The minimum Gasteiger partial charge on any atom is -0.298 e. The zero-order valence-electron chi connectivity index (χ0n) is 14.9. The topological polar surface area (TPSA) is 123 Å². The molecule has 0 fully saturated rings. The molecule has 1 heterocycles. The number of benzene rings is 1. The molecule has 0 aliphatic heterocycles. The molecule has 0 spiro atoms. The van der Waals surface area contributed by atoms with Gasteiger partial charge in [0.15, 0.2) is 5.13 Å². The SMILES string of the molecule is CCCN(CCC)S(=O)(=O)c1ccc(C(=O)Nc2ncc([N+](=O)[O-])s2)cc1. The van der Waals surface area contributed by atoms with Crippen molar-refractivity contribution in [2.75, 3.05) is 18.4 Å². The van der Waals surface area contributed by atoms with E-state index in [1.165, 1.54) is 28.6 Å². The first-order chi connectivity index (χ1) is 12.8. The normalized spacial score (nSPS) is 11.5. The third-order valence-electron chi connectivity index (χ3n) is 3.59. The van der Waals surface area contributed by atoms with Gasteiger partial charge in [0.25, 0.3) is 5.91 Å². The van der Waals surface area contributed by atoms with Gasteiger partial charge in [-0.2, -0.15) is 4.31 Å². The molecule has 0 aliphatic rings. The lowest BCUT2D eigenvalue weighted by Crippen LogP contribution is -2.32. The molecule has 11 heteroatoms. The third-order valence-corrected chi connectivity index (χ3v) is 6.37. The molecule has 9 nitrogen and oxygen atoms in total. The standard InChI is InChI=1S/C16H20N4O5S2/c1-3-9-19(10-4-2)27(24,25)13-7-5-12(6-8-13)15(21)18-16-17-11-14(26-16)20(22)23/h5-8,11H,3-4,9-10H2,1-2H3,(H,17,18,21). The predicted octanol–water partition coefficient (Wildman–Crippen LogP) is 3.11. The Bertz CT molecular complexity index is 903. The molecular formula is C16H20N4O5S2. The van der Waals surface area contributed by atoms with E-state index in [9.17, 15) is 23.3 Å². The van der Waals surface area contributed by atoms with Crippen molar-refractivity contribution in [3.05, 3.63) is 46.1 Å². The van der Waals surface area contributed by atoms with Crippen molar-refractivity contribution in [2.24, 2.45) is 0 Å². The number of aromatic nitrogens is 1. The summed E-state index contributed by atoms with van der Waals surface area (Å²) in [4.78, 5) is 26.2. The van der Waals surface area contributed by atoms with E-state index in [4.69, 9.17) is 0 Å². The monoisotopic (exact) mass is 412 g/mol. The Labute approximate surface area is 161 Å². The zero-order valence-corrected chi connectivity index (χ0v) is 16.5. The number of hydrogen-bond acceptors (Lipinski definition) is 7. The Balaban J connectivity index is 2.15. The first-order valence-corrected chi connectivity index (χ1v) is 10.6. The summed E-state index contributed by atoms with van der Waals surface area (Å²) < 4.78 is 26.8. The van der Waals surface area contributed by atoms with Crippen LogP contribution >= 0.6 is 11.3 Å². The molecule has 1 aromatic heterocycles. The van der Waals surface area contributed by atoms with Crippen LogP contribution in [0.3, 0.4) is 0 Å². The molecule has 1 amide bonds. The van der Waals surface area contributed by atoms with Crippen LogP contribution in [0.15, 0.2) is 35.4 Å². The molecule has 1 N–H and O–H groups in total. The molecule has 146 valence electrons. The van der Waals surface area contributed by atoms with Gasteiger partial charge in [0.2, 0.25) is 10.0 Å². The van der Waals surface area contributed by atoms with E-state index in [0.29, 0.717) is 25.9 Å². The van der Waals surface area contributed by atoms with Gasteiger partial charge in [-0.25, -0.2) is 13.4 Å². The van der Waals surface area contributed by atoms with Gasteiger partial charge >= 0.3 is 5.00 Å². The summed E-state index contributed by atoms with van der Waals surface area (Å²) in [5.74, 6) is -0.526. The highest BCUT2D eigenvalue weighted by Gasteiger charge is 2.23. The molecular weight excluding hydrogens is 392 g/mol. The van der Waals surface area contributed by atoms with Gasteiger partial charge in [0, 0.05) is 18.7 Å². The number of anilines is 1. The van der Waals surface area contributed by atoms with Crippen molar-refractivity contribution in [3.63, 3.8) is 0 Å². The average Bonchev–Trinajstić information content (AvgIpc) is 3.10. The molecule has 1 aromatic carbocycles.